The molecule has 1 aromatic carbocycles. The third-order valence-electron chi connectivity index (χ3n) is 5.37. The van der Waals surface area contributed by atoms with Gasteiger partial charge in [-0.05, 0) is 57.9 Å². The first-order chi connectivity index (χ1) is 15.6. The summed E-state index contributed by atoms with van der Waals surface area (Å²) in [7, 11) is -3.95. The third kappa shape index (κ3) is 5.13. The summed E-state index contributed by atoms with van der Waals surface area (Å²) in [6.07, 6.45) is 0.750. The van der Waals surface area contributed by atoms with E-state index in [1.165, 1.54) is 24.3 Å². The molecule has 33 heavy (non-hydrogen) atoms. The number of benzene rings is 1. The summed E-state index contributed by atoms with van der Waals surface area (Å²) in [4.78, 5) is 40.8. The van der Waals surface area contributed by atoms with Crippen molar-refractivity contribution in [2.75, 3.05) is 19.8 Å². The molecule has 1 aliphatic heterocycles. The summed E-state index contributed by atoms with van der Waals surface area (Å²) < 4.78 is 37.3. The van der Waals surface area contributed by atoms with Crippen LogP contribution in [-0.2, 0) is 24.3 Å². The van der Waals surface area contributed by atoms with E-state index in [0.717, 1.165) is 4.31 Å². The van der Waals surface area contributed by atoms with E-state index >= 15 is 0 Å². The molecule has 178 valence electrons. The Hall–Kier alpha value is -2.69. The molecule has 1 aromatic heterocycles. The van der Waals surface area contributed by atoms with Gasteiger partial charge in [0.2, 0.25) is 15.8 Å². The van der Waals surface area contributed by atoms with Crippen LogP contribution in [0.2, 0.25) is 5.02 Å². The van der Waals surface area contributed by atoms with Gasteiger partial charge >= 0.3 is 11.9 Å². The molecule has 9 nitrogen and oxygen atoms in total. The number of nitrogens with zero attached hydrogens (tertiary/aromatic N) is 1. The van der Waals surface area contributed by atoms with Gasteiger partial charge in [-0.3, -0.25) is 9.59 Å². The largest absolute Gasteiger partial charge is 0.462 e. The van der Waals surface area contributed by atoms with Gasteiger partial charge in [-0.1, -0.05) is 11.6 Å². The van der Waals surface area contributed by atoms with Crippen LogP contribution in [0, 0.1) is 13.8 Å². The van der Waals surface area contributed by atoms with Gasteiger partial charge in [0.25, 0.3) is 0 Å². The minimum absolute atomic E-state index is 0.0141. The highest BCUT2D eigenvalue weighted by Gasteiger charge is 2.40. The molecule has 1 N–H and O–H groups in total. The van der Waals surface area contributed by atoms with E-state index in [2.05, 4.69) is 4.98 Å². The van der Waals surface area contributed by atoms with Crippen LogP contribution in [0.1, 0.15) is 51.9 Å². The van der Waals surface area contributed by atoms with Gasteiger partial charge in [0.05, 0.1) is 22.6 Å². The molecule has 0 saturated carbocycles. The van der Waals surface area contributed by atoms with E-state index in [0.29, 0.717) is 22.8 Å². The Balaban J connectivity index is 1.74. The lowest BCUT2D eigenvalue weighted by atomic mass is 10.1. The Morgan fingerprint density at radius 2 is 1.73 bits per heavy atom. The number of aromatic amines is 1. The molecule has 3 rings (SSSR count). The monoisotopic (exact) mass is 496 g/mol. The molecule has 0 amide bonds. The molecule has 1 fully saturated rings. The van der Waals surface area contributed by atoms with Crippen molar-refractivity contribution >= 4 is 39.3 Å². The fraction of sp³-hybridized carbons (Fsp3) is 0.409. The fourth-order valence-electron chi connectivity index (χ4n) is 3.90. The molecule has 0 unspecified atom stereocenters. The Bertz CT molecular complexity index is 1170. The van der Waals surface area contributed by atoms with Crippen molar-refractivity contribution in [3.63, 3.8) is 0 Å². The summed E-state index contributed by atoms with van der Waals surface area (Å²) in [5.41, 5.74) is 1.11. The number of carbonyl (C=O) groups excluding carboxylic acids is 3. The van der Waals surface area contributed by atoms with Gasteiger partial charge in [-0.15, -0.1) is 0 Å². The molecular weight excluding hydrogens is 472 g/mol. The maximum atomic E-state index is 13.0. The van der Waals surface area contributed by atoms with Crippen molar-refractivity contribution < 1.29 is 32.3 Å². The third-order valence-corrected chi connectivity index (χ3v) is 7.55. The number of esters is 2. The standard InChI is InChI=1S/C22H25ClN2O7S/c1-4-31-22(28)20-14(3)24-13(2)19(20)18(26)12-32-21(27)17-6-5-11-25(17)33(29,30)16-9-7-15(23)8-10-16/h7-10,17,24H,4-6,11-12H2,1-3H3/t17-/m1/s1. The quantitative estimate of drug-likeness (QED) is 0.440. The highest BCUT2D eigenvalue weighted by atomic mass is 35.5. The lowest BCUT2D eigenvalue weighted by molar-refractivity contribution is -0.146. The first-order valence-electron chi connectivity index (χ1n) is 10.4. The molecule has 2 heterocycles. The number of hydrogen-bond acceptors (Lipinski definition) is 7. The summed E-state index contributed by atoms with van der Waals surface area (Å²) in [6, 6.07) is 4.61. The number of rotatable bonds is 8. The van der Waals surface area contributed by atoms with Crippen molar-refractivity contribution in [2.45, 2.75) is 44.6 Å². The van der Waals surface area contributed by atoms with Crippen LogP contribution in [-0.4, -0.2) is 61.2 Å². The van der Waals surface area contributed by atoms with Crippen LogP contribution in [0.15, 0.2) is 29.2 Å². The van der Waals surface area contributed by atoms with Crippen molar-refractivity contribution in [1.29, 1.82) is 0 Å². The number of hydrogen-bond donors (Lipinski definition) is 1. The predicted octanol–water partition coefficient (Wildman–Crippen LogP) is 3.04. The Labute approximate surface area is 197 Å². The van der Waals surface area contributed by atoms with Gasteiger partial charge in [-0.25, -0.2) is 13.2 Å². The summed E-state index contributed by atoms with van der Waals surface area (Å²) in [6.45, 7) is 4.59. The number of Topliss-reactive ketones (excluding diaryl/α,β-unsaturated/α-hetero) is 1. The van der Waals surface area contributed by atoms with Crippen LogP contribution in [0.25, 0.3) is 0 Å². The average molecular weight is 497 g/mol. The summed E-state index contributed by atoms with van der Waals surface area (Å²) in [5.74, 6) is -2.05. The van der Waals surface area contributed by atoms with E-state index < -0.39 is 40.4 Å². The molecule has 1 saturated heterocycles. The van der Waals surface area contributed by atoms with Crippen LogP contribution in [0.5, 0.6) is 0 Å². The number of aromatic nitrogens is 1. The molecule has 0 aliphatic carbocycles. The van der Waals surface area contributed by atoms with Crippen LogP contribution >= 0.6 is 11.6 Å². The van der Waals surface area contributed by atoms with Crippen molar-refractivity contribution in [2.24, 2.45) is 0 Å². The van der Waals surface area contributed by atoms with Crippen molar-refractivity contribution in [1.82, 2.24) is 9.29 Å². The van der Waals surface area contributed by atoms with E-state index in [1.54, 1.807) is 20.8 Å². The van der Waals surface area contributed by atoms with Crippen LogP contribution in [0.3, 0.4) is 0 Å². The zero-order valence-electron chi connectivity index (χ0n) is 18.5. The minimum Gasteiger partial charge on any atom is -0.462 e. The topological polar surface area (TPSA) is 123 Å². The highest BCUT2D eigenvalue weighted by Crippen LogP contribution is 2.28. The number of ether oxygens (including phenoxy) is 2. The average Bonchev–Trinajstić information content (AvgIpc) is 3.37. The van der Waals surface area contributed by atoms with Gasteiger partial charge in [0.15, 0.2) is 6.61 Å². The molecule has 0 radical (unpaired) electrons. The minimum atomic E-state index is -3.95. The smallest absolute Gasteiger partial charge is 0.340 e. The van der Waals surface area contributed by atoms with Gasteiger partial charge in [-0.2, -0.15) is 4.31 Å². The number of H-pyrrole nitrogens is 1. The lowest BCUT2D eigenvalue weighted by Crippen LogP contribution is -2.41. The van der Waals surface area contributed by atoms with E-state index in [9.17, 15) is 22.8 Å². The zero-order valence-corrected chi connectivity index (χ0v) is 20.1. The van der Waals surface area contributed by atoms with Crippen molar-refractivity contribution in [3.05, 3.63) is 51.8 Å². The van der Waals surface area contributed by atoms with Gasteiger partial charge in [0, 0.05) is 23.0 Å². The number of carbonyl (C=O) groups is 3. The predicted molar refractivity (Wildman–Crippen MR) is 120 cm³/mol. The Morgan fingerprint density at radius 1 is 1.09 bits per heavy atom. The molecule has 1 atom stereocenters. The van der Waals surface area contributed by atoms with Crippen LogP contribution < -0.4 is 0 Å². The Kier molecular flexibility index (Phi) is 7.61. The number of sulfonamides is 1. The van der Waals surface area contributed by atoms with Gasteiger partial charge in [0.1, 0.15) is 6.04 Å². The second kappa shape index (κ2) is 10.1. The maximum Gasteiger partial charge on any atom is 0.340 e. The van der Waals surface area contributed by atoms with Crippen LogP contribution in [0.4, 0.5) is 0 Å². The molecular formula is C22H25ClN2O7S. The molecule has 11 heteroatoms. The second-order valence-corrected chi connectivity index (χ2v) is 9.93. The summed E-state index contributed by atoms with van der Waals surface area (Å²) in [5, 5.41) is 0.391. The normalized spacial score (nSPS) is 16.5. The summed E-state index contributed by atoms with van der Waals surface area (Å²) >= 11 is 5.84. The maximum absolute atomic E-state index is 13.0. The first kappa shape index (κ1) is 24.9. The fourth-order valence-corrected chi connectivity index (χ4v) is 5.67. The molecule has 1 aliphatic rings. The lowest BCUT2D eigenvalue weighted by Gasteiger charge is -2.22. The molecule has 0 spiro atoms. The van der Waals surface area contributed by atoms with Gasteiger partial charge < -0.3 is 14.5 Å². The van der Waals surface area contributed by atoms with E-state index in [1.807, 2.05) is 0 Å². The van der Waals surface area contributed by atoms with E-state index in [4.69, 9.17) is 21.1 Å². The zero-order chi connectivity index (χ0) is 24.3. The number of halogens is 1. The SMILES string of the molecule is CCOC(=O)c1c(C)[nH]c(C)c1C(=O)COC(=O)[C@H]1CCCN1S(=O)(=O)c1ccc(Cl)cc1. The highest BCUT2D eigenvalue weighted by molar-refractivity contribution is 7.89. The number of nitrogens with one attached hydrogen (secondary N) is 1. The first-order valence-corrected chi connectivity index (χ1v) is 12.2. The Morgan fingerprint density at radius 3 is 2.36 bits per heavy atom. The second-order valence-electron chi connectivity index (χ2n) is 7.60. The number of ketones is 1. The van der Waals surface area contributed by atoms with Crippen molar-refractivity contribution in [3.8, 4) is 0 Å². The molecule has 2 aromatic rings. The number of aryl methyl sites for hydroxylation is 2. The van der Waals surface area contributed by atoms with E-state index in [-0.39, 0.29) is 35.6 Å². The molecule has 0 bridgehead atoms.